The van der Waals surface area contributed by atoms with Crippen molar-refractivity contribution in [2.24, 2.45) is 23.2 Å². The molecule has 264 valence electrons. The Balaban J connectivity index is 1.01. The molecule has 1 aliphatic heterocycles. The van der Waals surface area contributed by atoms with E-state index in [0.29, 0.717) is 41.2 Å². The van der Waals surface area contributed by atoms with Crippen molar-refractivity contribution in [2.75, 3.05) is 33.0 Å². The molecule has 3 unspecified atom stereocenters. The van der Waals surface area contributed by atoms with Gasteiger partial charge in [-0.3, -0.25) is 0 Å². The maximum Gasteiger partial charge on any atom is 0.343 e. The second kappa shape index (κ2) is 17.8. The molecule has 1 aliphatic carbocycles. The second-order valence-electron chi connectivity index (χ2n) is 14.4. The van der Waals surface area contributed by atoms with Crippen molar-refractivity contribution >= 4 is 11.9 Å². The first kappa shape index (κ1) is 36.6. The Morgan fingerprint density at radius 2 is 1.37 bits per heavy atom. The highest BCUT2D eigenvalue weighted by Gasteiger charge is 2.37. The number of esters is 2. The van der Waals surface area contributed by atoms with Crippen molar-refractivity contribution < 1.29 is 33.3 Å². The van der Waals surface area contributed by atoms with E-state index in [1.54, 1.807) is 36.4 Å². The first-order chi connectivity index (χ1) is 23.7. The van der Waals surface area contributed by atoms with Crippen LogP contribution in [0.2, 0.25) is 0 Å². The maximum atomic E-state index is 12.9. The molecule has 49 heavy (non-hydrogen) atoms. The van der Waals surface area contributed by atoms with Crippen LogP contribution in [-0.2, 0) is 14.2 Å². The van der Waals surface area contributed by atoms with E-state index in [9.17, 15) is 9.59 Å². The number of benzene rings is 3. The summed E-state index contributed by atoms with van der Waals surface area (Å²) in [6, 6.07) is 22.0. The Morgan fingerprint density at radius 1 is 0.776 bits per heavy atom. The smallest absolute Gasteiger partial charge is 0.343 e. The molecular weight excluding hydrogens is 616 g/mol. The first-order valence-electron chi connectivity index (χ1n) is 18.3. The number of unbranched alkanes of at least 4 members (excludes halogenated alkanes) is 3. The summed E-state index contributed by atoms with van der Waals surface area (Å²) < 4.78 is 28.7. The normalized spacial score (nSPS) is 20.0. The summed E-state index contributed by atoms with van der Waals surface area (Å²) in [5.74, 6) is 1.85. The third-order valence-electron chi connectivity index (χ3n) is 10.3. The molecule has 5 rings (SSSR count). The Labute approximate surface area is 292 Å². The highest BCUT2D eigenvalue weighted by atomic mass is 16.5. The molecule has 0 radical (unpaired) electrons. The van der Waals surface area contributed by atoms with E-state index in [4.69, 9.17) is 23.7 Å². The van der Waals surface area contributed by atoms with E-state index in [1.807, 2.05) is 36.4 Å². The molecule has 7 nitrogen and oxygen atoms in total. The van der Waals surface area contributed by atoms with E-state index >= 15 is 0 Å². The molecule has 1 saturated heterocycles. The molecule has 0 amide bonds. The van der Waals surface area contributed by atoms with Crippen LogP contribution in [0.5, 0.6) is 11.5 Å². The summed E-state index contributed by atoms with van der Waals surface area (Å²) in [5, 5.41) is 0. The molecule has 3 aromatic carbocycles. The van der Waals surface area contributed by atoms with Gasteiger partial charge in [0.15, 0.2) is 0 Å². The number of carbonyl (C=O) groups is 2. The maximum absolute atomic E-state index is 12.9. The van der Waals surface area contributed by atoms with E-state index in [-0.39, 0.29) is 17.5 Å². The van der Waals surface area contributed by atoms with Gasteiger partial charge < -0.3 is 23.7 Å². The first-order valence-corrected chi connectivity index (χ1v) is 18.3. The number of rotatable bonds is 17. The Morgan fingerprint density at radius 3 is 1.98 bits per heavy atom. The van der Waals surface area contributed by atoms with E-state index in [0.717, 1.165) is 88.2 Å². The number of carbonyl (C=O) groups excluding carboxylic acids is 2. The fourth-order valence-corrected chi connectivity index (χ4v) is 6.74. The molecule has 1 saturated carbocycles. The number of hydrogen-bond acceptors (Lipinski definition) is 7. The molecule has 3 atom stereocenters. The topological polar surface area (TPSA) is 80.3 Å². The van der Waals surface area contributed by atoms with Gasteiger partial charge in [0, 0.05) is 12.0 Å². The van der Waals surface area contributed by atoms with Crippen LogP contribution in [0.15, 0.2) is 72.8 Å². The molecule has 2 aliphatic rings. The van der Waals surface area contributed by atoms with Crippen LogP contribution in [0.1, 0.15) is 99.8 Å². The van der Waals surface area contributed by atoms with Gasteiger partial charge in [-0.2, -0.15) is 0 Å². The van der Waals surface area contributed by atoms with Crippen LogP contribution >= 0.6 is 0 Å². The summed E-state index contributed by atoms with van der Waals surface area (Å²) in [7, 11) is 0. The van der Waals surface area contributed by atoms with Gasteiger partial charge in [0.05, 0.1) is 37.6 Å². The fraction of sp³-hybridized carbons (Fsp3) is 0.524. The monoisotopic (exact) mass is 670 g/mol. The van der Waals surface area contributed by atoms with E-state index < -0.39 is 5.97 Å². The molecule has 0 aromatic heterocycles. The molecule has 2 fully saturated rings. The van der Waals surface area contributed by atoms with Crippen molar-refractivity contribution in [1.82, 2.24) is 0 Å². The molecule has 1 heterocycles. The lowest BCUT2D eigenvalue weighted by Crippen LogP contribution is -2.45. The second-order valence-corrected chi connectivity index (χ2v) is 14.4. The van der Waals surface area contributed by atoms with Gasteiger partial charge in [0.1, 0.15) is 17.6 Å². The van der Waals surface area contributed by atoms with Crippen LogP contribution < -0.4 is 9.47 Å². The zero-order valence-electron chi connectivity index (χ0n) is 29.8. The minimum atomic E-state index is -0.456. The summed E-state index contributed by atoms with van der Waals surface area (Å²) in [6.45, 7) is 12.8. The van der Waals surface area contributed by atoms with Gasteiger partial charge in [0.25, 0.3) is 0 Å². The van der Waals surface area contributed by atoms with Crippen molar-refractivity contribution in [2.45, 2.75) is 85.2 Å². The molecular formula is C42H54O7. The van der Waals surface area contributed by atoms with Crippen LogP contribution in [0.4, 0.5) is 0 Å². The minimum Gasteiger partial charge on any atom is -0.494 e. The predicted molar refractivity (Wildman–Crippen MR) is 192 cm³/mol. The van der Waals surface area contributed by atoms with Gasteiger partial charge >= 0.3 is 11.9 Å². The van der Waals surface area contributed by atoms with Crippen molar-refractivity contribution in [3.63, 3.8) is 0 Å². The SMILES string of the molecule is CCC1(COCCCCCCOc2ccc(-c3ccc(C(=O)Oc4ccc(C(=O)OC5CC(C)CCC5C(C)C)cc4)cc3)cc2)COC1. The van der Waals surface area contributed by atoms with E-state index in [2.05, 4.69) is 27.7 Å². The highest BCUT2D eigenvalue weighted by Crippen LogP contribution is 2.36. The number of ether oxygens (including phenoxy) is 5. The summed E-state index contributed by atoms with van der Waals surface area (Å²) in [6.07, 6.45) is 8.58. The lowest BCUT2D eigenvalue weighted by atomic mass is 9.75. The molecule has 7 heteroatoms. The predicted octanol–water partition coefficient (Wildman–Crippen LogP) is 9.57. The van der Waals surface area contributed by atoms with E-state index in [1.165, 1.54) is 6.42 Å². The van der Waals surface area contributed by atoms with Gasteiger partial charge in [-0.15, -0.1) is 0 Å². The zero-order chi connectivity index (χ0) is 34.6. The minimum absolute atomic E-state index is 0.0639. The fourth-order valence-electron chi connectivity index (χ4n) is 6.74. The average molecular weight is 671 g/mol. The molecule has 0 bridgehead atoms. The summed E-state index contributed by atoms with van der Waals surface area (Å²) >= 11 is 0. The Bertz CT molecular complexity index is 1450. The van der Waals surface area contributed by atoms with Gasteiger partial charge in [0.2, 0.25) is 0 Å². The van der Waals surface area contributed by atoms with Crippen molar-refractivity contribution in [3.8, 4) is 22.6 Å². The third-order valence-corrected chi connectivity index (χ3v) is 10.3. The number of hydrogen-bond donors (Lipinski definition) is 0. The van der Waals surface area contributed by atoms with Crippen molar-refractivity contribution in [1.29, 1.82) is 0 Å². The quantitative estimate of drug-likeness (QED) is 0.0804. The third kappa shape index (κ3) is 10.4. The molecule has 3 aromatic rings. The average Bonchev–Trinajstić information content (AvgIpc) is 3.09. The summed E-state index contributed by atoms with van der Waals surface area (Å²) in [5.41, 5.74) is 3.20. The van der Waals surface area contributed by atoms with Crippen molar-refractivity contribution in [3.05, 3.63) is 83.9 Å². The Hall–Kier alpha value is -3.68. The van der Waals surface area contributed by atoms with Crippen LogP contribution in [-0.4, -0.2) is 51.1 Å². The van der Waals surface area contributed by atoms with Crippen LogP contribution in [0.25, 0.3) is 11.1 Å². The zero-order valence-corrected chi connectivity index (χ0v) is 29.8. The van der Waals surface area contributed by atoms with Crippen LogP contribution in [0.3, 0.4) is 0 Å². The lowest BCUT2D eigenvalue weighted by Gasteiger charge is -2.40. The lowest BCUT2D eigenvalue weighted by molar-refractivity contribution is -0.150. The molecule has 0 N–H and O–H groups in total. The Kier molecular flexibility index (Phi) is 13.3. The van der Waals surface area contributed by atoms with Gasteiger partial charge in [-0.25, -0.2) is 9.59 Å². The summed E-state index contributed by atoms with van der Waals surface area (Å²) in [4.78, 5) is 25.8. The highest BCUT2D eigenvalue weighted by molar-refractivity contribution is 5.92. The van der Waals surface area contributed by atoms with Gasteiger partial charge in [-0.05, 0) is 116 Å². The molecule has 0 spiro atoms. The van der Waals surface area contributed by atoms with Gasteiger partial charge in [-0.1, -0.05) is 64.8 Å². The largest absolute Gasteiger partial charge is 0.494 e. The standard InChI is InChI=1S/C42H54O7/c1-5-42(28-46-29-42)27-45-24-8-6-7-9-25-47-36-19-15-33(16-20-36)32-11-13-34(14-12-32)40(43)48-37-21-17-35(18-22-37)41(44)49-39-26-31(4)10-23-38(39)30(2)3/h11-22,30-31,38-39H,5-10,23-29H2,1-4H3. The van der Waals surface area contributed by atoms with Crippen LogP contribution in [0, 0.1) is 23.2 Å².